The van der Waals surface area contributed by atoms with Crippen LogP contribution in [0.25, 0.3) is 0 Å². The van der Waals surface area contributed by atoms with Crippen molar-refractivity contribution in [2.45, 2.75) is 71.5 Å². The fourth-order valence-corrected chi connectivity index (χ4v) is 3.64. The normalized spacial score (nSPS) is 23.1. The van der Waals surface area contributed by atoms with Crippen LogP contribution < -0.4 is 5.32 Å². The molecule has 2 N–H and O–H groups in total. The van der Waals surface area contributed by atoms with Gasteiger partial charge in [-0.3, -0.25) is 4.90 Å². The van der Waals surface area contributed by atoms with Crippen LogP contribution in [-0.2, 0) is 0 Å². The van der Waals surface area contributed by atoms with Crippen LogP contribution in [0.1, 0.15) is 53.9 Å². The van der Waals surface area contributed by atoms with Crippen LogP contribution in [0, 0.1) is 0 Å². The minimum atomic E-state index is -0.133. The van der Waals surface area contributed by atoms with Crippen molar-refractivity contribution in [3.63, 3.8) is 0 Å². The Labute approximate surface area is 131 Å². The van der Waals surface area contributed by atoms with Crippen LogP contribution in [0.2, 0.25) is 0 Å². The Hall–Kier alpha value is -0.160. The molecule has 0 amide bonds. The highest BCUT2D eigenvalue weighted by Gasteiger charge is 2.27. The Bertz CT molecular complexity index is 281. The number of aliphatic hydroxyl groups is 1. The molecule has 4 heteroatoms. The molecule has 1 rings (SSSR count). The lowest BCUT2D eigenvalue weighted by Crippen LogP contribution is -2.49. The molecule has 0 aromatic rings. The van der Waals surface area contributed by atoms with E-state index in [0.29, 0.717) is 6.04 Å². The molecule has 1 aliphatic rings. The Balaban J connectivity index is 2.30. The molecular formula is C17H37N3O. The van der Waals surface area contributed by atoms with Crippen LogP contribution in [0.5, 0.6) is 0 Å². The van der Waals surface area contributed by atoms with E-state index in [0.717, 1.165) is 38.5 Å². The van der Waals surface area contributed by atoms with Gasteiger partial charge in [0, 0.05) is 24.2 Å². The van der Waals surface area contributed by atoms with Crippen molar-refractivity contribution in [1.29, 1.82) is 0 Å². The van der Waals surface area contributed by atoms with Crippen LogP contribution in [0.3, 0.4) is 0 Å². The van der Waals surface area contributed by atoms with E-state index in [-0.39, 0.29) is 12.1 Å². The Morgan fingerprint density at radius 2 is 2.00 bits per heavy atom. The van der Waals surface area contributed by atoms with Crippen molar-refractivity contribution in [2.24, 2.45) is 0 Å². The summed E-state index contributed by atoms with van der Waals surface area (Å²) in [5.41, 5.74) is -0.133. The van der Waals surface area contributed by atoms with Gasteiger partial charge in [0.2, 0.25) is 0 Å². The lowest BCUT2D eigenvalue weighted by atomic mass is 9.95. The molecular weight excluding hydrogens is 262 g/mol. The van der Waals surface area contributed by atoms with E-state index >= 15 is 0 Å². The molecule has 1 heterocycles. The number of nitrogens with zero attached hydrogens (tertiary/aromatic N) is 2. The highest BCUT2D eigenvalue weighted by atomic mass is 16.3. The number of likely N-dealkylation sites (N-methyl/N-ethyl adjacent to an activating group) is 1. The van der Waals surface area contributed by atoms with Crippen LogP contribution in [-0.4, -0.2) is 71.9 Å². The molecule has 2 atom stereocenters. The van der Waals surface area contributed by atoms with Gasteiger partial charge < -0.3 is 15.3 Å². The van der Waals surface area contributed by atoms with E-state index in [1.54, 1.807) is 0 Å². The number of hydrogen-bond acceptors (Lipinski definition) is 4. The average molecular weight is 300 g/mol. The van der Waals surface area contributed by atoms with E-state index in [4.69, 9.17) is 0 Å². The Kier molecular flexibility index (Phi) is 8.17. The zero-order chi connectivity index (χ0) is 15.9. The van der Waals surface area contributed by atoms with Gasteiger partial charge in [-0.2, -0.15) is 0 Å². The summed E-state index contributed by atoms with van der Waals surface area (Å²) in [5, 5.41) is 13.1. The molecule has 0 aromatic carbocycles. The molecule has 1 aliphatic heterocycles. The van der Waals surface area contributed by atoms with Crippen LogP contribution in [0.4, 0.5) is 0 Å². The number of nitrogens with one attached hydrogen (secondary N) is 1. The molecule has 21 heavy (non-hydrogen) atoms. The van der Waals surface area contributed by atoms with Crippen molar-refractivity contribution in [1.82, 2.24) is 15.1 Å². The summed E-state index contributed by atoms with van der Waals surface area (Å²) < 4.78 is 0. The fraction of sp³-hybridized carbons (Fsp3) is 1.00. The zero-order valence-corrected chi connectivity index (χ0v) is 14.9. The lowest BCUT2D eigenvalue weighted by Gasteiger charge is -2.32. The van der Waals surface area contributed by atoms with E-state index < -0.39 is 0 Å². The smallest absolute Gasteiger partial charge is 0.0610 e. The SMILES string of the molecule is CCN(CC)C1CCN(CCCC(C)(CO)NC(C)C)C1. The van der Waals surface area contributed by atoms with Gasteiger partial charge in [-0.25, -0.2) is 0 Å². The largest absolute Gasteiger partial charge is 0.394 e. The van der Waals surface area contributed by atoms with Crippen molar-refractivity contribution in [3.8, 4) is 0 Å². The van der Waals surface area contributed by atoms with E-state index in [1.807, 2.05) is 0 Å². The van der Waals surface area contributed by atoms with E-state index in [9.17, 15) is 5.11 Å². The molecule has 0 spiro atoms. The zero-order valence-electron chi connectivity index (χ0n) is 14.9. The van der Waals surface area contributed by atoms with Crippen LogP contribution in [0.15, 0.2) is 0 Å². The van der Waals surface area contributed by atoms with Gasteiger partial charge in [0.25, 0.3) is 0 Å². The van der Waals surface area contributed by atoms with Gasteiger partial charge in [-0.15, -0.1) is 0 Å². The topological polar surface area (TPSA) is 38.7 Å². The second kappa shape index (κ2) is 9.09. The fourth-order valence-electron chi connectivity index (χ4n) is 3.64. The summed E-state index contributed by atoms with van der Waals surface area (Å²) in [7, 11) is 0. The van der Waals surface area contributed by atoms with E-state index in [1.165, 1.54) is 19.5 Å². The van der Waals surface area contributed by atoms with Crippen molar-refractivity contribution in [3.05, 3.63) is 0 Å². The summed E-state index contributed by atoms with van der Waals surface area (Å²) in [6, 6.07) is 1.17. The molecule has 4 nitrogen and oxygen atoms in total. The Morgan fingerprint density at radius 1 is 1.33 bits per heavy atom. The van der Waals surface area contributed by atoms with Gasteiger partial charge in [-0.1, -0.05) is 27.7 Å². The number of hydrogen-bond donors (Lipinski definition) is 2. The first-order chi connectivity index (χ1) is 9.94. The third-order valence-electron chi connectivity index (χ3n) is 4.77. The number of likely N-dealkylation sites (tertiary alicyclic amines) is 1. The lowest BCUT2D eigenvalue weighted by molar-refractivity contribution is 0.149. The highest BCUT2D eigenvalue weighted by molar-refractivity contribution is 4.86. The van der Waals surface area contributed by atoms with E-state index in [2.05, 4.69) is 49.7 Å². The minimum absolute atomic E-state index is 0.133. The molecule has 0 bridgehead atoms. The predicted octanol–water partition coefficient (Wildman–Crippen LogP) is 1.93. The van der Waals surface area contributed by atoms with Gasteiger partial charge in [-0.05, 0) is 52.4 Å². The standard InChI is InChI=1S/C17H37N3O/c1-6-20(7-2)16-9-12-19(13-16)11-8-10-17(5,14-21)18-15(3)4/h15-16,18,21H,6-14H2,1-5H3. The molecule has 0 radical (unpaired) electrons. The molecule has 0 saturated carbocycles. The maximum atomic E-state index is 9.62. The molecule has 0 aromatic heterocycles. The number of aliphatic hydroxyl groups excluding tert-OH is 1. The maximum absolute atomic E-state index is 9.62. The van der Waals surface area contributed by atoms with Crippen LogP contribution >= 0.6 is 0 Å². The summed E-state index contributed by atoms with van der Waals surface area (Å²) in [5.74, 6) is 0. The third kappa shape index (κ3) is 6.23. The average Bonchev–Trinajstić information content (AvgIpc) is 2.88. The maximum Gasteiger partial charge on any atom is 0.0610 e. The predicted molar refractivity (Wildman–Crippen MR) is 90.8 cm³/mol. The van der Waals surface area contributed by atoms with Gasteiger partial charge in [0.1, 0.15) is 0 Å². The summed E-state index contributed by atoms with van der Waals surface area (Å²) in [6.07, 6.45) is 3.50. The van der Waals surface area contributed by atoms with Crippen molar-refractivity contribution >= 4 is 0 Å². The third-order valence-corrected chi connectivity index (χ3v) is 4.77. The van der Waals surface area contributed by atoms with Gasteiger partial charge in [0.05, 0.1) is 6.61 Å². The molecule has 1 fully saturated rings. The first-order valence-electron chi connectivity index (χ1n) is 8.79. The second-order valence-electron chi connectivity index (χ2n) is 7.09. The summed E-state index contributed by atoms with van der Waals surface area (Å²) in [4.78, 5) is 5.17. The first-order valence-corrected chi connectivity index (χ1v) is 8.79. The Morgan fingerprint density at radius 3 is 2.52 bits per heavy atom. The monoisotopic (exact) mass is 299 g/mol. The van der Waals surface area contributed by atoms with Gasteiger partial charge in [0.15, 0.2) is 0 Å². The summed E-state index contributed by atoms with van der Waals surface area (Å²) in [6.45, 7) is 17.1. The molecule has 1 saturated heterocycles. The number of rotatable bonds is 10. The van der Waals surface area contributed by atoms with Crippen molar-refractivity contribution in [2.75, 3.05) is 39.3 Å². The molecule has 126 valence electrons. The first kappa shape index (κ1) is 18.9. The quantitative estimate of drug-likeness (QED) is 0.646. The second-order valence-corrected chi connectivity index (χ2v) is 7.09. The highest BCUT2D eigenvalue weighted by Crippen LogP contribution is 2.18. The van der Waals surface area contributed by atoms with Crippen molar-refractivity contribution < 1.29 is 5.11 Å². The minimum Gasteiger partial charge on any atom is -0.394 e. The summed E-state index contributed by atoms with van der Waals surface area (Å²) >= 11 is 0. The molecule has 2 unspecified atom stereocenters. The molecule has 0 aliphatic carbocycles. The van der Waals surface area contributed by atoms with Gasteiger partial charge >= 0.3 is 0 Å².